The minimum Gasteiger partial charge on any atom is -0.454 e. The van der Waals surface area contributed by atoms with Crippen molar-refractivity contribution in [1.29, 1.82) is 0 Å². The van der Waals surface area contributed by atoms with E-state index in [9.17, 15) is 9.59 Å². The molecule has 0 aromatic heterocycles. The molecule has 0 unspecified atom stereocenters. The number of fused-ring (bicyclic) bond motifs is 1. The molecule has 2 aromatic rings. The van der Waals surface area contributed by atoms with Gasteiger partial charge in [-0.2, -0.15) is 0 Å². The highest BCUT2D eigenvalue weighted by molar-refractivity contribution is 5.94. The van der Waals surface area contributed by atoms with Crippen LogP contribution in [0.1, 0.15) is 18.1 Å². The van der Waals surface area contributed by atoms with Crippen LogP contribution in [0.3, 0.4) is 0 Å². The Morgan fingerprint density at radius 1 is 1.12 bits per heavy atom. The largest absolute Gasteiger partial charge is 0.454 e. The van der Waals surface area contributed by atoms with Gasteiger partial charge in [-0.15, -0.1) is 0 Å². The van der Waals surface area contributed by atoms with Gasteiger partial charge in [-0.3, -0.25) is 4.79 Å². The molecule has 0 saturated heterocycles. The summed E-state index contributed by atoms with van der Waals surface area (Å²) in [7, 11) is 0. The number of esters is 1. The zero-order chi connectivity index (χ0) is 18.4. The Hall–Kier alpha value is -3.28. The number of hydrogen-bond acceptors (Lipinski definition) is 5. The lowest BCUT2D eigenvalue weighted by atomic mass is 10.1. The molecule has 134 valence electrons. The first-order chi connectivity index (χ1) is 12.6. The first kappa shape index (κ1) is 17.5. The Balaban J connectivity index is 1.46. The molecule has 1 N–H and O–H groups in total. The molecular formula is C20H19NO5. The van der Waals surface area contributed by atoms with E-state index < -0.39 is 5.97 Å². The third-order valence-corrected chi connectivity index (χ3v) is 3.80. The standard InChI is InChI=1S/C20H19NO5/c1-2-14-3-7-16(8-4-14)21-19(22)12-24-20(23)10-6-15-5-9-17-18(11-15)26-13-25-17/h3-11H,2,12-13H2,1H3,(H,21,22)/b10-6+. The van der Waals surface area contributed by atoms with Gasteiger partial charge in [0, 0.05) is 11.8 Å². The Labute approximate surface area is 151 Å². The maximum absolute atomic E-state index is 11.8. The van der Waals surface area contributed by atoms with Crippen LogP contribution in [0.15, 0.2) is 48.5 Å². The summed E-state index contributed by atoms with van der Waals surface area (Å²) >= 11 is 0. The minimum atomic E-state index is -0.598. The van der Waals surface area contributed by atoms with Gasteiger partial charge in [0.2, 0.25) is 6.79 Å². The number of carbonyl (C=O) groups is 2. The van der Waals surface area contributed by atoms with Gasteiger partial charge >= 0.3 is 5.97 Å². The fourth-order valence-electron chi connectivity index (χ4n) is 2.39. The Morgan fingerprint density at radius 3 is 2.65 bits per heavy atom. The van der Waals surface area contributed by atoms with Crippen LogP contribution in [0.2, 0.25) is 0 Å². The maximum atomic E-state index is 11.8. The predicted molar refractivity (Wildman–Crippen MR) is 97.0 cm³/mol. The van der Waals surface area contributed by atoms with Crippen LogP contribution in [0, 0.1) is 0 Å². The second-order valence-electron chi connectivity index (χ2n) is 5.65. The lowest BCUT2D eigenvalue weighted by molar-refractivity contribution is -0.142. The fraction of sp³-hybridized carbons (Fsp3) is 0.200. The van der Waals surface area contributed by atoms with Gasteiger partial charge in [0.15, 0.2) is 18.1 Å². The summed E-state index contributed by atoms with van der Waals surface area (Å²) in [4.78, 5) is 23.6. The number of hydrogen-bond donors (Lipinski definition) is 1. The third kappa shape index (κ3) is 4.63. The smallest absolute Gasteiger partial charge is 0.331 e. The number of ether oxygens (including phenoxy) is 3. The average Bonchev–Trinajstić information content (AvgIpc) is 3.13. The third-order valence-electron chi connectivity index (χ3n) is 3.80. The van der Waals surface area contributed by atoms with Crippen molar-refractivity contribution in [1.82, 2.24) is 0 Å². The average molecular weight is 353 g/mol. The molecule has 6 nitrogen and oxygen atoms in total. The molecule has 6 heteroatoms. The van der Waals surface area contributed by atoms with E-state index in [-0.39, 0.29) is 19.3 Å². The van der Waals surface area contributed by atoms with Gasteiger partial charge in [0.1, 0.15) is 0 Å². The molecule has 0 spiro atoms. The maximum Gasteiger partial charge on any atom is 0.331 e. The molecule has 3 rings (SSSR count). The van der Waals surface area contributed by atoms with Crippen molar-refractivity contribution in [2.75, 3.05) is 18.7 Å². The molecule has 0 fully saturated rings. The van der Waals surface area contributed by atoms with Crippen LogP contribution in [-0.4, -0.2) is 25.3 Å². The van der Waals surface area contributed by atoms with Crippen LogP contribution in [0.5, 0.6) is 11.5 Å². The van der Waals surface area contributed by atoms with Crippen molar-refractivity contribution in [2.24, 2.45) is 0 Å². The molecular weight excluding hydrogens is 334 g/mol. The van der Waals surface area contributed by atoms with Gasteiger partial charge in [-0.05, 0) is 47.9 Å². The summed E-state index contributed by atoms with van der Waals surface area (Å²) < 4.78 is 15.4. The SMILES string of the molecule is CCc1ccc(NC(=O)COC(=O)/C=C/c2ccc3c(c2)OCO3)cc1. The summed E-state index contributed by atoms with van der Waals surface area (Å²) in [5.41, 5.74) is 2.62. The second-order valence-corrected chi connectivity index (χ2v) is 5.65. The highest BCUT2D eigenvalue weighted by atomic mass is 16.7. The van der Waals surface area contributed by atoms with Gasteiger partial charge < -0.3 is 19.5 Å². The predicted octanol–water partition coefficient (Wildman–Crippen LogP) is 3.17. The topological polar surface area (TPSA) is 73.9 Å². The molecule has 0 radical (unpaired) electrons. The number of anilines is 1. The van der Waals surface area contributed by atoms with Crippen molar-refractivity contribution in [2.45, 2.75) is 13.3 Å². The zero-order valence-electron chi connectivity index (χ0n) is 14.4. The number of nitrogens with one attached hydrogen (secondary N) is 1. The number of benzene rings is 2. The highest BCUT2D eigenvalue weighted by Crippen LogP contribution is 2.32. The molecule has 0 bridgehead atoms. The first-order valence-corrected chi connectivity index (χ1v) is 8.27. The van der Waals surface area contributed by atoms with Crippen LogP contribution in [0.4, 0.5) is 5.69 Å². The Kier molecular flexibility index (Phi) is 5.53. The molecule has 0 saturated carbocycles. The summed E-state index contributed by atoms with van der Waals surface area (Å²) in [5.74, 6) is 0.320. The molecule has 0 aliphatic carbocycles. The molecule has 1 aliphatic rings. The zero-order valence-corrected chi connectivity index (χ0v) is 14.4. The number of amides is 1. The van der Waals surface area contributed by atoms with E-state index in [1.807, 2.05) is 24.3 Å². The van der Waals surface area contributed by atoms with E-state index in [1.54, 1.807) is 24.3 Å². The molecule has 2 aromatic carbocycles. The number of aryl methyl sites for hydroxylation is 1. The summed E-state index contributed by atoms with van der Waals surface area (Å²) in [6.07, 6.45) is 3.79. The summed E-state index contributed by atoms with van der Waals surface area (Å²) in [6.45, 7) is 1.91. The van der Waals surface area contributed by atoms with Crippen molar-refractivity contribution in [3.63, 3.8) is 0 Å². The van der Waals surface area contributed by atoms with Gasteiger partial charge in [0.05, 0.1) is 0 Å². The second kappa shape index (κ2) is 8.20. The summed E-state index contributed by atoms with van der Waals surface area (Å²) in [6, 6.07) is 12.8. The van der Waals surface area contributed by atoms with Crippen LogP contribution >= 0.6 is 0 Å². The number of rotatable bonds is 6. The van der Waals surface area contributed by atoms with Crippen molar-refractivity contribution in [3.05, 3.63) is 59.7 Å². The van der Waals surface area contributed by atoms with Crippen LogP contribution in [0.25, 0.3) is 6.08 Å². The van der Waals surface area contributed by atoms with E-state index >= 15 is 0 Å². The molecule has 26 heavy (non-hydrogen) atoms. The summed E-state index contributed by atoms with van der Waals surface area (Å²) in [5, 5.41) is 2.68. The van der Waals surface area contributed by atoms with E-state index in [2.05, 4.69) is 12.2 Å². The minimum absolute atomic E-state index is 0.195. The highest BCUT2D eigenvalue weighted by Gasteiger charge is 2.12. The Morgan fingerprint density at radius 2 is 1.88 bits per heavy atom. The number of carbonyl (C=O) groups excluding carboxylic acids is 2. The monoisotopic (exact) mass is 353 g/mol. The molecule has 1 amide bonds. The van der Waals surface area contributed by atoms with E-state index in [0.29, 0.717) is 17.2 Å². The van der Waals surface area contributed by atoms with Crippen molar-refractivity contribution >= 4 is 23.6 Å². The van der Waals surface area contributed by atoms with E-state index in [1.165, 1.54) is 11.6 Å². The first-order valence-electron chi connectivity index (χ1n) is 8.27. The van der Waals surface area contributed by atoms with Gasteiger partial charge in [-0.25, -0.2) is 4.79 Å². The molecule has 0 atom stereocenters. The van der Waals surface area contributed by atoms with E-state index in [0.717, 1.165) is 12.0 Å². The normalized spacial score (nSPS) is 12.2. The van der Waals surface area contributed by atoms with Gasteiger partial charge in [-0.1, -0.05) is 25.1 Å². The van der Waals surface area contributed by atoms with Gasteiger partial charge in [0.25, 0.3) is 5.91 Å². The van der Waals surface area contributed by atoms with Crippen LogP contribution in [-0.2, 0) is 20.7 Å². The fourth-order valence-corrected chi connectivity index (χ4v) is 2.39. The molecule has 1 aliphatic heterocycles. The lowest BCUT2D eigenvalue weighted by Crippen LogP contribution is -2.20. The lowest BCUT2D eigenvalue weighted by Gasteiger charge is -2.06. The Bertz CT molecular complexity index is 827. The van der Waals surface area contributed by atoms with Crippen LogP contribution < -0.4 is 14.8 Å². The van der Waals surface area contributed by atoms with E-state index in [4.69, 9.17) is 14.2 Å². The molecule has 1 heterocycles. The van der Waals surface area contributed by atoms with Crippen molar-refractivity contribution in [3.8, 4) is 11.5 Å². The quantitative estimate of drug-likeness (QED) is 0.638. The van der Waals surface area contributed by atoms with Crippen molar-refractivity contribution < 1.29 is 23.8 Å².